The van der Waals surface area contributed by atoms with Crippen LogP contribution in [-0.4, -0.2) is 18.3 Å². The van der Waals surface area contributed by atoms with E-state index in [2.05, 4.69) is 10.6 Å². The molecule has 0 aliphatic carbocycles. The first kappa shape index (κ1) is 9.82. The van der Waals surface area contributed by atoms with Crippen LogP contribution in [0.5, 0.6) is 0 Å². The van der Waals surface area contributed by atoms with E-state index < -0.39 is 0 Å². The summed E-state index contributed by atoms with van der Waals surface area (Å²) in [5, 5.41) is 8.79. The third-order valence-electron chi connectivity index (χ3n) is 2.21. The van der Waals surface area contributed by atoms with E-state index in [-0.39, 0.29) is 0 Å². The first-order valence-electron chi connectivity index (χ1n) is 4.26. The van der Waals surface area contributed by atoms with Gasteiger partial charge in [-0.05, 0) is 19.9 Å². The maximum atomic E-state index is 8.79. The molecule has 0 saturated carbocycles. The molecule has 1 aromatic rings. The summed E-state index contributed by atoms with van der Waals surface area (Å²) in [5.41, 5.74) is 2.90. The van der Waals surface area contributed by atoms with E-state index in [1.165, 1.54) is 0 Å². The molecule has 13 heavy (non-hydrogen) atoms. The molecule has 0 atom stereocenters. The maximum Gasteiger partial charge on any atom is 0.101 e. The number of rotatable bonds is 3. The fourth-order valence-corrected chi connectivity index (χ4v) is 1.44. The van der Waals surface area contributed by atoms with Crippen LogP contribution in [0.4, 0.5) is 0 Å². The SMILES string of the molecule is COCCn1c(C)cc(C#N)c1C. The van der Waals surface area contributed by atoms with Crippen molar-refractivity contribution < 1.29 is 4.74 Å². The van der Waals surface area contributed by atoms with E-state index >= 15 is 0 Å². The normalized spacial score (nSPS) is 10.0. The van der Waals surface area contributed by atoms with Crippen LogP contribution in [0.25, 0.3) is 0 Å². The minimum Gasteiger partial charge on any atom is -0.383 e. The van der Waals surface area contributed by atoms with Crippen molar-refractivity contribution in [3.05, 3.63) is 23.0 Å². The summed E-state index contributed by atoms with van der Waals surface area (Å²) in [5.74, 6) is 0. The number of aryl methyl sites for hydroxylation is 1. The first-order valence-corrected chi connectivity index (χ1v) is 4.26. The average Bonchev–Trinajstić information content (AvgIpc) is 2.39. The van der Waals surface area contributed by atoms with Gasteiger partial charge in [0.2, 0.25) is 0 Å². The summed E-state index contributed by atoms with van der Waals surface area (Å²) < 4.78 is 7.09. The van der Waals surface area contributed by atoms with Crippen molar-refractivity contribution in [1.82, 2.24) is 4.57 Å². The Kier molecular flexibility index (Phi) is 3.10. The summed E-state index contributed by atoms with van der Waals surface area (Å²) >= 11 is 0. The molecule has 0 aliphatic heterocycles. The Morgan fingerprint density at radius 3 is 2.69 bits per heavy atom. The zero-order chi connectivity index (χ0) is 9.84. The Labute approximate surface area is 78.5 Å². The molecular formula is C10H14N2O. The topological polar surface area (TPSA) is 38.0 Å². The van der Waals surface area contributed by atoms with E-state index in [1.807, 2.05) is 19.9 Å². The number of methoxy groups -OCH3 is 1. The molecule has 1 heterocycles. The summed E-state index contributed by atoms with van der Waals surface area (Å²) in [6.45, 7) is 5.46. The molecule has 1 aromatic heterocycles. The van der Waals surface area contributed by atoms with Gasteiger partial charge in [0, 0.05) is 25.0 Å². The average molecular weight is 178 g/mol. The van der Waals surface area contributed by atoms with Crippen LogP contribution in [0.15, 0.2) is 6.07 Å². The predicted octanol–water partition coefficient (Wildman–Crippen LogP) is 1.62. The Hall–Kier alpha value is -1.27. The molecule has 0 bridgehead atoms. The van der Waals surface area contributed by atoms with E-state index in [4.69, 9.17) is 10.00 Å². The summed E-state index contributed by atoms with van der Waals surface area (Å²) in [7, 11) is 1.68. The molecule has 3 heteroatoms. The third kappa shape index (κ3) is 1.90. The standard InChI is InChI=1S/C10H14N2O/c1-8-6-10(7-11)9(2)12(8)4-5-13-3/h6H,4-5H2,1-3H3. The molecule has 0 amide bonds. The smallest absolute Gasteiger partial charge is 0.101 e. The largest absolute Gasteiger partial charge is 0.383 e. The number of nitriles is 1. The van der Waals surface area contributed by atoms with Crippen molar-refractivity contribution in [3.8, 4) is 6.07 Å². The van der Waals surface area contributed by atoms with Crippen LogP contribution in [0.2, 0.25) is 0 Å². The van der Waals surface area contributed by atoms with Crippen LogP contribution in [0, 0.1) is 25.2 Å². The lowest BCUT2D eigenvalue weighted by atomic mass is 10.3. The molecule has 0 aliphatic rings. The lowest BCUT2D eigenvalue weighted by molar-refractivity contribution is 0.186. The van der Waals surface area contributed by atoms with Gasteiger partial charge in [0.15, 0.2) is 0 Å². The van der Waals surface area contributed by atoms with Crippen molar-refractivity contribution in [2.24, 2.45) is 0 Å². The highest BCUT2D eigenvalue weighted by molar-refractivity contribution is 5.37. The van der Waals surface area contributed by atoms with E-state index in [9.17, 15) is 0 Å². The maximum absolute atomic E-state index is 8.79. The van der Waals surface area contributed by atoms with Gasteiger partial charge in [-0.3, -0.25) is 0 Å². The van der Waals surface area contributed by atoms with Gasteiger partial charge in [0.1, 0.15) is 6.07 Å². The van der Waals surface area contributed by atoms with Gasteiger partial charge in [0.25, 0.3) is 0 Å². The van der Waals surface area contributed by atoms with Gasteiger partial charge in [-0.15, -0.1) is 0 Å². The zero-order valence-corrected chi connectivity index (χ0v) is 8.29. The van der Waals surface area contributed by atoms with Crippen molar-refractivity contribution in [1.29, 1.82) is 5.26 Å². The second-order valence-electron chi connectivity index (χ2n) is 3.04. The van der Waals surface area contributed by atoms with Crippen LogP contribution in [-0.2, 0) is 11.3 Å². The van der Waals surface area contributed by atoms with Crippen molar-refractivity contribution in [2.75, 3.05) is 13.7 Å². The van der Waals surface area contributed by atoms with Gasteiger partial charge in [-0.2, -0.15) is 5.26 Å². The molecule has 3 nitrogen and oxygen atoms in total. The fourth-order valence-electron chi connectivity index (χ4n) is 1.44. The molecule has 70 valence electrons. The minimum absolute atomic E-state index is 0.682. The quantitative estimate of drug-likeness (QED) is 0.705. The second-order valence-corrected chi connectivity index (χ2v) is 3.04. The summed E-state index contributed by atoms with van der Waals surface area (Å²) in [6.07, 6.45) is 0. The number of hydrogen-bond acceptors (Lipinski definition) is 2. The number of aromatic nitrogens is 1. The lowest BCUT2D eigenvalue weighted by Crippen LogP contribution is -2.07. The molecule has 1 rings (SSSR count). The van der Waals surface area contributed by atoms with Crippen molar-refractivity contribution in [2.45, 2.75) is 20.4 Å². The highest BCUT2D eigenvalue weighted by Crippen LogP contribution is 2.13. The molecule has 0 saturated heterocycles. The predicted molar refractivity (Wildman–Crippen MR) is 50.5 cm³/mol. The fraction of sp³-hybridized carbons (Fsp3) is 0.500. The number of ether oxygens (including phenoxy) is 1. The summed E-state index contributed by atoms with van der Waals surface area (Å²) in [4.78, 5) is 0. The Morgan fingerprint density at radius 2 is 2.23 bits per heavy atom. The first-order chi connectivity index (χ1) is 6.20. The van der Waals surface area contributed by atoms with Crippen molar-refractivity contribution >= 4 is 0 Å². The second kappa shape index (κ2) is 4.11. The minimum atomic E-state index is 0.682. The van der Waals surface area contributed by atoms with Crippen LogP contribution in [0.3, 0.4) is 0 Å². The number of nitrogens with zero attached hydrogens (tertiary/aromatic N) is 2. The molecule has 0 radical (unpaired) electrons. The van der Waals surface area contributed by atoms with Gasteiger partial charge in [-0.25, -0.2) is 0 Å². The molecule has 0 aromatic carbocycles. The molecule has 0 N–H and O–H groups in total. The molecule has 0 unspecified atom stereocenters. The zero-order valence-electron chi connectivity index (χ0n) is 8.29. The van der Waals surface area contributed by atoms with Gasteiger partial charge < -0.3 is 9.30 Å². The van der Waals surface area contributed by atoms with E-state index in [0.29, 0.717) is 6.61 Å². The van der Waals surface area contributed by atoms with Gasteiger partial charge in [0.05, 0.1) is 12.2 Å². The van der Waals surface area contributed by atoms with Gasteiger partial charge >= 0.3 is 0 Å². The Morgan fingerprint density at radius 1 is 1.54 bits per heavy atom. The summed E-state index contributed by atoms with van der Waals surface area (Å²) in [6, 6.07) is 4.08. The van der Waals surface area contributed by atoms with E-state index in [1.54, 1.807) is 7.11 Å². The van der Waals surface area contributed by atoms with Crippen LogP contribution < -0.4 is 0 Å². The van der Waals surface area contributed by atoms with Crippen LogP contribution >= 0.6 is 0 Å². The van der Waals surface area contributed by atoms with E-state index in [0.717, 1.165) is 23.5 Å². The third-order valence-corrected chi connectivity index (χ3v) is 2.21. The highest BCUT2D eigenvalue weighted by Gasteiger charge is 2.07. The van der Waals surface area contributed by atoms with Gasteiger partial charge in [-0.1, -0.05) is 0 Å². The molecule has 0 spiro atoms. The Balaban J connectivity index is 2.94. The van der Waals surface area contributed by atoms with Crippen LogP contribution in [0.1, 0.15) is 17.0 Å². The molecule has 0 fully saturated rings. The highest BCUT2D eigenvalue weighted by atomic mass is 16.5. The molecular weight excluding hydrogens is 164 g/mol. The van der Waals surface area contributed by atoms with Crippen molar-refractivity contribution in [3.63, 3.8) is 0 Å². The Bertz CT molecular complexity index is 333. The number of hydrogen-bond donors (Lipinski definition) is 0. The monoisotopic (exact) mass is 178 g/mol. The lowest BCUT2D eigenvalue weighted by Gasteiger charge is -2.07.